The molecule has 0 rings (SSSR count). The monoisotopic (exact) mass is 414 g/mol. The van der Waals surface area contributed by atoms with Gasteiger partial charge in [0.1, 0.15) is 0 Å². The van der Waals surface area contributed by atoms with Gasteiger partial charge in [0.25, 0.3) is 0 Å². The highest BCUT2D eigenvalue weighted by Gasteiger charge is 2.00. The van der Waals surface area contributed by atoms with E-state index in [1.54, 1.807) is 0 Å². The van der Waals surface area contributed by atoms with Crippen LogP contribution in [-0.2, 0) is 14.4 Å². The van der Waals surface area contributed by atoms with Crippen molar-refractivity contribution in [3.05, 3.63) is 24.3 Å². The van der Waals surface area contributed by atoms with E-state index in [4.69, 9.17) is 15.3 Å². The second kappa shape index (κ2) is 22.1. The van der Waals surface area contributed by atoms with Gasteiger partial charge >= 0.3 is 17.9 Å². The second-order valence-corrected chi connectivity index (χ2v) is 6.92. The van der Waals surface area contributed by atoms with E-state index >= 15 is 0 Å². The molecule has 1 atom stereocenters. The Bertz CT molecular complexity index is 468. The number of carboxylic acid groups (broad SMARTS) is 3. The molecule has 0 heterocycles. The SMILES string of the molecule is CCCCCC[C@@H](O)C/C=C\CCCCCCCC(=O)O.O=C(O)/C=C\C(=O)O. The summed E-state index contributed by atoms with van der Waals surface area (Å²) in [7, 11) is 0. The van der Waals surface area contributed by atoms with Crippen molar-refractivity contribution >= 4 is 17.9 Å². The second-order valence-electron chi connectivity index (χ2n) is 6.92. The minimum absolute atomic E-state index is 0.172. The highest BCUT2D eigenvalue weighted by Crippen LogP contribution is 2.10. The molecule has 7 heteroatoms. The number of rotatable bonds is 17. The first-order chi connectivity index (χ1) is 13.8. The summed E-state index contributed by atoms with van der Waals surface area (Å²) in [4.78, 5) is 29.4. The Morgan fingerprint density at radius 3 is 1.86 bits per heavy atom. The van der Waals surface area contributed by atoms with Crippen LogP contribution in [-0.4, -0.2) is 44.4 Å². The zero-order valence-corrected chi connectivity index (χ0v) is 17.6. The van der Waals surface area contributed by atoms with Crippen molar-refractivity contribution in [1.82, 2.24) is 0 Å². The van der Waals surface area contributed by atoms with Crippen LogP contribution >= 0.6 is 0 Å². The molecule has 4 N–H and O–H groups in total. The van der Waals surface area contributed by atoms with Gasteiger partial charge in [-0.15, -0.1) is 0 Å². The Morgan fingerprint density at radius 1 is 0.759 bits per heavy atom. The number of aliphatic hydroxyl groups excluding tert-OH is 1. The zero-order chi connectivity index (χ0) is 22.3. The minimum atomic E-state index is -1.26. The normalized spacial score (nSPS) is 11.9. The molecule has 0 aliphatic rings. The lowest BCUT2D eigenvalue weighted by Crippen LogP contribution is -2.04. The summed E-state index contributed by atoms with van der Waals surface area (Å²) in [6.07, 6.45) is 18.5. The van der Waals surface area contributed by atoms with Crippen LogP contribution in [0.4, 0.5) is 0 Å². The molecule has 0 unspecified atom stereocenters. The highest BCUT2D eigenvalue weighted by atomic mass is 16.4. The lowest BCUT2D eigenvalue weighted by atomic mass is 10.1. The molecule has 0 aliphatic carbocycles. The maximum Gasteiger partial charge on any atom is 0.328 e. The number of unbranched alkanes of at least 4 members (excludes halogenated alkanes) is 8. The van der Waals surface area contributed by atoms with Gasteiger partial charge in [0.05, 0.1) is 6.10 Å². The van der Waals surface area contributed by atoms with Gasteiger partial charge < -0.3 is 20.4 Å². The fraction of sp³-hybridized carbons (Fsp3) is 0.682. The topological polar surface area (TPSA) is 132 Å². The van der Waals surface area contributed by atoms with Gasteiger partial charge in [0.2, 0.25) is 0 Å². The van der Waals surface area contributed by atoms with E-state index < -0.39 is 17.9 Å². The van der Waals surface area contributed by atoms with Crippen LogP contribution in [0, 0.1) is 0 Å². The molecule has 0 fully saturated rings. The Balaban J connectivity index is 0. The molecule has 0 amide bonds. The molecular weight excluding hydrogens is 376 g/mol. The summed E-state index contributed by atoms with van der Waals surface area (Å²) in [5.41, 5.74) is 0. The van der Waals surface area contributed by atoms with E-state index in [-0.39, 0.29) is 6.10 Å². The number of allylic oxidation sites excluding steroid dienone is 1. The van der Waals surface area contributed by atoms with E-state index in [0.717, 1.165) is 51.4 Å². The van der Waals surface area contributed by atoms with Gasteiger partial charge in [-0.1, -0.05) is 64.0 Å². The van der Waals surface area contributed by atoms with Crippen molar-refractivity contribution in [2.24, 2.45) is 0 Å². The van der Waals surface area contributed by atoms with E-state index in [1.807, 2.05) is 0 Å². The third kappa shape index (κ3) is 30.8. The van der Waals surface area contributed by atoms with Gasteiger partial charge in [-0.3, -0.25) is 4.79 Å². The first-order valence-electron chi connectivity index (χ1n) is 10.5. The van der Waals surface area contributed by atoms with Crippen LogP contribution in [0.25, 0.3) is 0 Å². The van der Waals surface area contributed by atoms with E-state index in [2.05, 4.69) is 19.1 Å². The maximum atomic E-state index is 10.3. The largest absolute Gasteiger partial charge is 0.481 e. The van der Waals surface area contributed by atoms with Crippen LogP contribution in [0.3, 0.4) is 0 Å². The number of carboxylic acids is 3. The molecule has 29 heavy (non-hydrogen) atoms. The third-order valence-electron chi connectivity index (χ3n) is 4.10. The summed E-state index contributed by atoms with van der Waals surface area (Å²) < 4.78 is 0. The molecule has 7 nitrogen and oxygen atoms in total. The molecule has 0 spiro atoms. The van der Waals surface area contributed by atoms with Crippen molar-refractivity contribution in [3.8, 4) is 0 Å². The molecule has 0 aromatic carbocycles. The number of hydrogen-bond acceptors (Lipinski definition) is 4. The van der Waals surface area contributed by atoms with Crippen molar-refractivity contribution in [1.29, 1.82) is 0 Å². The predicted octanol–water partition coefficient (Wildman–Crippen LogP) is 4.79. The summed E-state index contributed by atoms with van der Waals surface area (Å²) in [5.74, 6) is -3.20. The smallest absolute Gasteiger partial charge is 0.328 e. The molecule has 0 saturated heterocycles. The van der Waals surface area contributed by atoms with Crippen molar-refractivity contribution in [3.63, 3.8) is 0 Å². The van der Waals surface area contributed by atoms with E-state index in [0.29, 0.717) is 18.6 Å². The highest BCUT2D eigenvalue weighted by molar-refractivity contribution is 5.89. The quantitative estimate of drug-likeness (QED) is 0.153. The summed E-state index contributed by atoms with van der Waals surface area (Å²) in [5, 5.41) is 33.9. The zero-order valence-electron chi connectivity index (χ0n) is 17.6. The molecule has 0 radical (unpaired) electrons. The van der Waals surface area contributed by atoms with Crippen molar-refractivity contribution in [2.45, 2.75) is 96.5 Å². The average Bonchev–Trinajstić information content (AvgIpc) is 2.65. The number of aliphatic carboxylic acids is 3. The van der Waals surface area contributed by atoms with Crippen LogP contribution in [0.15, 0.2) is 24.3 Å². The average molecular weight is 415 g/mol. The van der Waals surface area contributed by atoms with Crippen molar-refractivity contribution in [2.75, 3.05) is 0 Å². The summed E-state index contributed by atoms with van der Waals surface area (Å²) >= 11 is 0. The predicted molar refractivity (Wildman–Crippen MR) is 113 cm³/mol. The molecule has 0 aromatic heterocycles. The molecule has 0 aromatic rings. The molecular formula is C22H38O7. The number of hydrogen-bond donors (Lipinski definition) is 4. The number of aliphatic hydroxyl groups is 1. The number of carbonyl (C=O) groups is 3. The van der Waals surface area contributed by atoms with Crippen LogP contribution < -0.4 is 0 Å². The van der Waals surface area contributed by atoms with Crippen molar-refractivity contribution < 1.29 is 34.8 Å². The molecule has 0 aliphatic heterocycles. The Hall–Kier alpha value is -2.15. The van der Waals surface area contributed by atoms with Gasteiger partial charge in [-0.25, -0.2) is 9.59 Å². The Labute approximate surface area is 174 Å². The van der Waals surface area contributed by atoms with Crippen LogP contribution in [0.2, 0.25) is 0 Å². The van der Waals surface area contributed by atoms with Gasteiger partial charge in [-0.2, -0.15) is 0 Å². The first kappa shape index (κ1) is 29.1. The van der Waals surface area contributed by atoms with Crippen LogP contribution in [0.5, 0.6) is 0 Å². The van der Waals surface area contributed by atoms with Crippen LogP contribution in [0.1, 0.15) is 90.4 Å². The molecule has 168 valence electrons. The summed E-state index contributed by atoms with van der Waals surface area (Å²) in [6, 6.07) is 0. The molecule has 0 bridgehead atoms. The standard InChI is InChI=1S/C18H34O3.C4H4O4/c1-2-3-4-11-14-17(19)15-12-9-7-5-6-8-10-13-16-18(20)21;5-3(6)1-2-4(7)8/h9,12,17,19H,2-8,10-11,13-16H2,1H3,(H,20,21);1-2H,(H,5,6)(H,7,8)/b12-9-;2-1-/t17-;/m1./s1. The minimum Gasteiger partial charge on any atom is -0.481 e. The Kier molecular flexibility index (Phi) is 22.2. The van der Waals surface area contributed by atoms with E-state index in [1.165, 1.54) is 25.7 Å². The third-order valence-corrected chi connectivity index (χ3v) is 4.10. The van der Waals surface area contributed by atoms with Gasteiger partial charge in [-0.05, 0) is 32.1 Å². The Morgan fingerprint density at radius 2 is 1.31 bits per heavy atom. The maximum absolute atomic E-state index is 10.3. The lowest BCUT2D eigenvalue weighted by molar-refractivity contribution is -0.137. The van der Waals surface area contributed by atoms with Gasteiger partial charge in [0, 0.05) is 18.6 Å². The van der Waals surface area contributed by atoms with E-state index in [9.17, 15) is 19.5 Å². The fourth-order valence-electron chi connectivity index (χ4n) is 2.51. The molecule has 0 saturated carbocycles. The fourth-order valence-corrected chi connectivity index (χ4v) is 2.51. The summed E-state index contributed by atoms with van der Waals surface area (Å²) in [6.45, 7) is 2.20. The van der Waals surface area contributed by atoms with Gasteiger partial charge in [0.15, 0.2) is 0 Å². The first-order valence-corrected chi connectivity index (χ1v) is 10.5. The lowest BCUT2D eigenvalue weighted by Gasteiger charge is -2.07.